The standard InChI is InChI=1S/C20H18N2O4/c23-19(24)18(22-20(25)26-13-14-6-2-1-3-7-14)12-17-16-9-5-4-8-15(16)10-11-21-17/h1-11,18H,12-13H2,(H,22,25)(H,23,24). The van der Waals surface area contributed by atoms with E-state index in [0.717, 1.165) is 16.3 Å². The largest absolute Gasteiger partial charge is 0.480 e. The van der Waals surface area contributed by atoms with Gasteiger partial charge in [0.1, 0.15) is 12.6 Å². The number of aliphatic carboxylic acids is 1. The van der Waals surface area contributed by atoms with Crippen LogP contribution < -0.4 is 5.32 Å². The highest BCUT2D eigenvalue weighted by atomic mass is 16.5. The Kier molecular flexibility index (Phi) is 5.43. The molecular formula is C20H18N2O4. The van der Waals surface area contributed by atoms with E-state index >= 15 is 0 Å². The average molecular weight is 350 g/mol. The van der Waals surface area contributed by atoms with Crippen molar-refractivity contribution in [1.82, 2.24) is 10.3 Å². The molecule has 3 rings (SSSR count). The molecule has 0 aliphatic heterocycles. The van der Waals surface area contributed by atoms with E-state index in [4.69, 9.17) is 4.74 Å². The number of carbonyl (C=O) groups is 2. The van der Waals surface area contributed by atoms with Crippen LogP contribution in [0.15, 0.2) is 66.9 Å². The molecular weight excluding hydrogens is 332 g/mol. The topological polar surface area (TPSA) is 88.5 Å². The predicted octanol–water partition coefficient (Wildman–Crippen LogP) is 3.16. The number of alkyl carbamates (subject to hydrolysis) is 1. The van der Waals surface area contributed by atoms with E-state index in [1.807, 2.05) is 60.7 Å². The normalized spacial score (nSPS) is 11.7. The maximum absolute atomic E-state index is 12.0. The lowest BCUT2D eigenvalue weighted by atomic mass is 10.0. The molecule has 132 valence electrons. The van der Waals surface area contributed by atoms with E-state index < -0.39 is 18.1 Å². The Labute approximate surface area is 150 Å². The number of nitrogens with zero attached hydrogens (tertiary/aromatic N) is 1. The van der Waals surface area contributed by atoms with Gasteiger partial charge in [-0.3, -0.25) is 4.98 Å². The van der Waals surface area contributed by atoms with Crippen LogP contribution in [0.1, 0.15) is 11.3 Å². The third-order valence-electron chi connectivity index (χ3n) is 3.96. The Hall–Kier alpha value is -3.41. The number of benzene rings is 2. The molecule has 0 fully saturated rings. The van der Waals surface area contributed by atoms with E-state index in [2.05, 4.69) is 10.3 Å². The maximum atomic E-state index is 12.0. The van der Waals surface area contributed by atoms with Crippen molar-refractivity contribution in [2.24, 2.45) is 0 Å². The van der Waals surface area contributed by atoms with Gasteiger partial charge >= 0.3 is 12.1 Å². The molecule has 0 bridgehead atoms. The highest BCUT2D eigenvalue weighted by Gasteiger charge is 2.22. The minimum Gasteiger partial charge on any atom is -0.480 e. The first-order valence-corrected chi connectivity index (χ1v) is 8.16. The van der Waals surface area contributed by atoms with Crippen molar-refractivity contribution in [2.75, 3.05) is 0 Å². The minimum atomic E-state index is -1.14. The summed E-state index contributed by atoms with van der Waals surface area (Å²) >= 11 is 0. The van der Waals surface area contributed by atoms with E-state index in [1.54, 1.807) is 6.20 Å². The van der Waals surface area contributed by atoms with Crippen molar-refractivity contribution in [2.45, 2.75) is 19.1 Å². The minimum absolute atomic E-state index is 0.0666. The Morgan fingerprint density at radius 3 is 2.54 bits per heavy atom. The third-order valence-corrected chi connectivity index (χ3v) is 3.96. The molecule has 0 aliphatic carbocycles. The number of carboxylic acids is 1. The summed E-state index contributed by atoms with van der Waals surface area (Å²) in [5, 5.41) is 13.7. The van der Waals surface area contributed by atoms with Crippen LogP contribution in [0.5, 0.6) is 0 Å². The zero-order valence-electron chi connectivity index (χ0n) is 14.0. The summed E-state index contributed by atoms with van der Waals surface area (Å²) in [6, 6.07) is 17.5. The number of nitrogens with one attached hydrogen (secondary N) is 1. The highest BCUT2D eigenvalue weighted by Crippen LogP contribution is 2.17. The van der Waals surface area contributed by atoms with Crippen molar-refractivity contribution in [3.05, 3.63) is 78.1 Å². The number of fused-ring (bicyclic) bond motifs is 1. The number of carbonyl (C=O) groups excluding carboxylic acids is 1. The molecule has 3 aromatic rings. The van der Waals surface area contributed by atoms with Crippen LogP contribution in [0.4, 0.5) is 4.79 Å². The van der Waals surface area contributed by atoms with Crippen LogP contribution >= 0.6 is 0 Å². The van der Waals surface area contributed by atoms with Gasteiger partial charge in [0.2, 0.25) is 0 Å². The molecule has 1 heterocycles. The molecule has 2 N–H and O–H groups in total. The van der Waals surface area contributed by atoms with E-state index in [0.29, 0.717) is 5.69 Å². The molecule has 0 saturated carbocycles. The molecule has 0 spiro atoms. The fourth-order valence-corrected chi connectivity index (χ4v) is 2.65. The molecule has 0 saturated heterocycles. The quantitative estimate of drug-likeness (QED) is 0.713. The lowest BCUT2D eigenvalue weighted by Crippen LogP contribution is -2.42. The number of ether oxygens (including phenoxy) is 1. The molecule has 0 radical (unpaired) electrons. The van der Waals surface area contributed by atoms with Crippen LogP contribution in [-0.2, 0) is 22.6 Å². The second kappa shape index (κ2) is 8.11. The summed E-state index contributed by atoms with van der Waals surface area (Å²) in [5.41, 5.74) is 1.43. The summed E-state index contributed by atoms with van der Waals surface area (Å²) in [5.74, 6) is -1.14. The van der Waals surface area contributed by atoms with Crippen LogP contribution in [0.3, 0.4) is 0 Å². The monoisotopic (exact) mass is 350 g/mol. The van der Waals surface area contributed by atoms with Crippen LogP contribution in [0.2, 0.25) is 0 Å². The lowest BCUT2D eigenvalue weighted by molar-refractivity contribution is -0.139. The Balaban J connectivity index is 1.67. The Bertz CT molecular complexity index is 907. The molecule has 2 aromatic carbocycles. The number of hydrogen-bond donors (Lipinski definition) is 2. The van der Waals surface area contributed by atoms with E-state index in [9.17, 15) is 14.7 Å². The van der Waals surface area contributed by atoms with Gasteiger partial charge in [-0.25, -0.2) is 9.59 Å². The van der Waals surface area contributed by atoms with Crippen molar-refractivity contribution >= 4 is 22.8 Å². The van der Waals surface area contributed by atoms with E-state index in [1.165, 1.54) is 0 Å². The van der Waals surface area contributed by atoms with E-state index in [-0.39, 0.29) is 13.0 Å². The van der Waals surface area contributed by atoms with Gasteiger partial charge in [-0.05, 0) is 17.0 Å². The fourth-order valence-electron chi connectivity index (χ4n) is 2.65. The zero-order valence-corrected chi connectivity index (χ0v) is 14.0. The van der Waals surface area contributed by atoms with Gasteiger partial charge in [-0.1, -0.05) is 54.6 Å². The number of rotatable bonds is 6. The summed E-state index contributed by atoms with van der Waals surface area (Å²) in [6.07, 6.45) is 0.919. The number of aromatic nitrogens is 1. The molecule has 1 atom stereocenters. The van der Waals surface area contributed by atoms with Gasteiger partial charge in [0.05, 0.1) is 5.69 Å². The van der Waals surface area contributed by atoms with Gasteiger partial charge in [-0.2, -0.15) is 0 Å². The first-order valence-electron chi connectivity index (χ1n) is 8.16. The summed E-state index contributed by atoms with van der Waals surface area (Å²) in [4.78, 5) is 27.8. The van der Waals surface area contributed by atoms with Crippen molar-refractivity contribution in [3.8, 4) is 0 Å². The summed E-state index contributed by atoms with van der Waals surface area (Å²) < 4.78 is 5.10. The van der Waals surface area contributed by atoms with Gasteiger partial charge < -0.3 is 15.2 Å². The third kappa shape index (κ3) is 4.36. The molecule has 26 heavy (non-hydrogen) atoms. The van der Waals surface area contributed by atoms with Crippen LogP contribution in [0.25, 0.3) is 10.8 Å². The second-order valence-electron chi connectivity index (χ2n) is 5.78. The summed E-state index contributed by atoms with van der Waals surface area (Å²) in [6.45, 7) is 0.0749. The molecule has 6 nitrogen and oxygen atoms in total. The first-order chi connectivity index (χ1) is 12.6. The van der Waals surface area contributed by atoms with Gasteiger partial charge in [0.15, 0.2) is 0 Å². The average Bonchev–Trinajstić information content (AvgIpc) is 2.67. The molecule has 0 aliphatic rings. The Morgan fingerprint density at radius 2 is 1.77 bits per heavy atom. The maximum Gasteiger partial charge on any atom is 0.408 e. The SMILES string of the molecule is O=C(NC(Cc1nccc2ccccc12)C(=O)O)OCc1ccccc1. The highest BCUT2D eigenvalue weighted by molar-refractivity contribution is 5.86. The molecule has 1 aromatic heterocycles. The fraction of sp³-hybridized carbons (Fsp3) is 0.150. The van der Waals surface area contributed by atoms with Crippen molar-refractivity contribution < 1.29 is 19.4 Å². The van der Waals surface area contributed by atoms with Crippen molar-refractivity contribution in [1.29, 1.82) is 0 Å². The number of carboxylic acid groups (broad SMARTS) is 1. The van der Waals surface area contributed by atoms with Crippen LogP contribution in [-0.4, -0.2) is 28.2 Å². The van der Waals surface area contributed by atoms with Crippen LogP contribution in [0, 0.1) is 0 Å². The molecule has 1 unspecified atom stereocenters. The number of pyridine rings is 1. The predicted molar refractivity (Wildman–Crippen MR) is 96.6 cm³/mol. The number of amides is 1. The molecule has 1 amide bonds. The lowest BCUT2D eigenvalue weighted by Gasteiger charge is -2.15. The van der Waals surface area contributed by atoms with Gasteiger partial charge in [-0.15, -0.1) is 0 Å². The smallest absolute Gasteiger partial charge is 0.408 e. The van der Waals surface area contributed by atoms with Crippen molar-refractivity contribution in [3.63, 3.8) is 0 Å². The van der Waals surface area contributed by atoms with Gasteiger partial charge in [0, 0.05) is 18.0 Å². The van der Waals surface area contributed by atoms with Gasteiger partial charge in [0.25, 0.3) is 0 Å². The second-order valence-corrected chi connectivity index (χ2v) is 5.78. The Morgan fingerprint density at radius 1 is 1.04 bits per heavy atom. The zero-order chi connectivity index (χ0) is 18.4. The molecule has 6 heteroatoms. The first kappa shape index (κ1) is 17.4. The summed E-state index contributed by atoms with van der Waals surface area (Å²) in [7, 11) is 0. The number of hydrogen-bond acceptors (Lipinski definition) is 4.